The molecule has 0 spiro atoms. The van der Waals surface area contributed by atoms with Crippen LogP contribution in [0.5, 0.6) is 0 Å². The molecule has 1 atom stereocenters. The number of thiazole rings is 1. The Bertz CT molecular complexity index is 1450. The molecule has 4 heterocycles. The van der Waals surface area contributed by atoms with Gasteiger partial charge in [0, 0.05) is 64.3 Å². The van der Waals surface area contributed by atoms with Gasteiger partial charge in [0.05, 0.1) is 28.2 Å². The van der Waals surface area contributed by atoms with Crippen molar-refractivity contribution in [3.63, 3.8) is 0 Å². The van der Waals surface area contributed by atoms with Gasteiger partial charge >= 0.3 is 0 Å². The van der Waals surface area contributed by atoms with Crippen LogP contribution in [-0.4, -0.2) is 81.1 Å². The second-order valence-electron chi connectivity index (χ2n) is 9.37. The van der Waals surface area contributed by atoms with Crippen molar-refractivity contribution in [1.82, 2.24) is 19.6 Å². The van der Waals surface area contributed by atoms with E-state index >= 15 is 0 Å². The molecule has 38 heavy (non-hydrogen) atoms. The maximum absolute atomic E-state index is 13.1. The number of rotatable bonds is 7. The molecule has 2 aliphatic rings. The lowest BCUT2D eigenvalue weighted by molar-refractivity contribution is 0.102. The summed E-state index contributed by atoms with van der Waals surface area (Å²) in [5.74, 6) is -0.211. The Balaban J connectivity index is 1.31. The highest BCUT2D eigenvalue weighted by molar-refractivity contribution is 7.89. The van der Waals surface area contributed by atoms with Crippen molar-refractivity contribution < 1.29 is 13.2 Å². The molecule has 1 unspecified atom stereocenters. The molecule has 200 valence electrons. The molecule has 1 saturated heterocycles. The van der Waals surface area contributed by atoms with E-state index in [1.807, 2.05) is 11.1 Å². The Morgan fingerprint density at radius 2 is 1.89 bits per heavy atom. The Hall–Kier alpha value is -3.39. The fourth-order valence-corrected chi connectivity index (χ4v) is 6.18. The van der Waals surface area contributed by atoms with Crippen LogP contribution in [0.2, 0.25) is 0 Å². The number of hydrazone groups is 1. The van der Waals surface area contributed by atoms with Gasteiger partial charge in [0.2, 0.25) is 10.0 Å². The zero-order valence-electron chi connectivity index (χ0n) is 21.5. The van der Waals surface area contributed by atoms with Crippen molar-refractivity contribution in [1.29, 1.82) is 0 Å². The number of nitrogens with zero attached hydrogens (tertiary/aromatic N) is 6. The highest BCUT2D eigenvalue weighted by Gasteiger charge is 2.28. The summed E-state index contributed by atoms with van der Waals surface area (Å²) in [6.07, 6.45) is 3.40. The summed E-state index contributed by atoms with van der Waals surface area (Å²) in [6, 6.07) is 8.59. The Kier molecular flexibility index (Phi) is 7.43. The number of aromatic nitrogens is 2. The van der Waals surface area contributed by atoms with Crippen LogP contribution < -0.4 is 20.5 Å². The summed E-state index contributed by atoms with van der Waals surface area (Å²) in [5.41, 5.74) is 3.51. The monoisotopic (exact) mass is 554 g/mol. The van der Waals surface area contributed by atoms with E-state index in [1.165, 1.54) is 29.7 Å². The number of anilines is 3. The predicted octanol–water partition coefficient (Wildman–Crippen LogP) is 2.31. The number of piperazine rings is 1. The molecule has 3 aromatic rings. The van der Waals surface area contributed by atoms with Crippen LogP contribution in [0.25, 0.3) is 0 Å². The largest absolute Gasteiger partial charge is 0.367 e. The maximum atomic E-state index is 13.1. The highest BCUT2D eigenvalue weighted by atomic mass is 32.2. The van der Waals surface area contributed by atoms with E-state index < -0.39 is 10.0 Å². The molecule has 1 fully saturated rings. The summed E-state index contributed by atoms with van der Waals surface area (Å²) >= 11 is 1.38. The number of amides is 1. The molecule has 0 radical (unpaired) electrons. The van der Waals surface area contributed by atoms with Crippen LogP contribution in [0.4, 0.5) is 17.1 Å². The summed E-state index contributed by atoms with van der Waals surface area (Å²) in [6.45, 7) is 6.18. The van der Waals surface area contributed by atoms with Gasteiger partial charge in [-0.25, -0.2) is 17.7 Å². The smallest absolute Gasteiger partial charge is 0.275 e. The number of hydrogen-bond donors (Lipinski definition) is 2. The molecule has 5 rings (SSSR count). The second-order valence-corrected chi connectivity index (χ2v) is 12.4. The van der Waals surface area contributed by atoms with Crippen molar-refractivity contribution in [3.8, 4) is 0 Å². The molecular formula is C25H30N8O3S2. The van der Waals surface area contributed by atoms with Crippen LogP contribution in [-0.2, 0) is 10.0 Å². The molecule has 11 nitrogen and oxygen atoms in total. The first-order valence-electron chi connectivity index (χ1n) is 12.3. The molecule has 0 aliphatic carbocycles. The number of carbonyl (C=O) groups is 1. The summed E-state index contributed by atoms with van der Waals surface area (Å²) < 4.78 is 25.9. The van der Waals surface area contributed by atoms with Gasteiger partial charge in [-0.3, -0.25) is 14.8 Å². The predicted molar refractivity (Wildman–Crippen MR) is 150 cm³/mol. The van der Waals surface area contributed by atoms with E-state index in [4.69, 9.17) is 5.10 Å². The average Bonchev–Trinajstić information content (AvgIpc) is 3.56. The van der Waals surface area contributed by atoms with Gasteiger partial charge in [-0.2, -0.15) is 5.10 Å². The Morgan fingerprint density at radius 3 is 2.61 bits per heavy atom. The minimum Gasteiger partial charge on any atom is -0.367 e. The average molecular weight is 555 g/mol. The number of benzene rings is 1. The van der Waals surface area contributed by atoms with Crippen LogP contribution in [0.15, 0.2) is 58.1 Å². The summed E-state index contributed by atoms with van der Waals surface area (Å²) in [7, 11) is -0.483. The molecular weight excluding hydrogens is 524 g/mol. The molecule has 0 bridgehead atoms. The molecule has 13 heteroatoms. The van der Waals surface area contributed by atoms with Gasteiger partial charge in [-0.15, -0.1) is 11.3 Å². The van der Waals surface area contributed by atoms with Crippen molar-refractivity contribution in [2.45, 2.75) is 11.8 Å². The molecule has 2 N–H and O–H groups in total. The third-order valence-electron chi connectivity index (χ3n) is 6.52. The molecule has 2 aliphatic heterocycles. The molecule has 2 aromatic heterocycles. The van der Waals surface area contributed by atoms with E-state index in [-0.39, 0.29) is 16.7 Å². The number of pyridine rings is 1. The van der Waals surface area contributed by atoms with Crippen molar-refractivity contribution in [2.75, 3.05) is 62.0 Å². The zero-order valence-corrected chi connectivity index (χ0v) is 23.1. The van der Waals surface area contributed by atoms with E-state index in [0.717, 1.165) is 43.3 Å². The second kappa shape index (κ2) is 10.8. The van der Waals surface area contributed by atoms with Gasteiger partial charge in [0.1, 0.15) is 16.4 Å². The number of nitrogens with one attached hydrogen (secondary N) is 2. The first kappa shape index (κ1) is 26.2. The lowest BCUT2D eigenvalue weighted by Crippen LogP contribution is -2.43. The summed E-state index contributed by atoms with van der Waals surface area (Å²) in [4.78, 5) is 24.3. The van der Waals surface area contributed by atoms with Crippen LogP contribution in [0.1, 0.15) is 22.4 Å². The molecule has 0 saturated carbocycles. The van der Waals surface area contributed by atoms with Crippen molar-refractivity contribution >= 4 is 50.0 Å². The minimum atomic E-state index is -3.50. The Morgan fingerprint density at radius 1 is 1.16 bits per heavy atom. The number of hydrogen-bond acceptors (Lipinski definition) is 10. The van der Waals surface area contributed by atoms with Crippen LogP contribution in [0.3, 0.4) is 0 Å². The van der Waals surface area contributed by atoms with Crippen LogP contribution in [0, 0.1) is 5.92 Å². The van der Waals surface area contributed by atoms with Crippen molar-refractivity contribution in [2.24, 2.45) is 11.0 Å². The first-order valence-corrected chi connectivity index (χ1v) is 14.6. The minimum absolute atomic E-state index is 0.0832. The van der Waals surface area contributed by atoms with Crippen LogP contribution >= 0.6 is 11.3 Å². The maximum Gasteiger partial charge on any atom is 0.275 e. The number of sulfonamides is 1. The standard InChI is InChI=1S/C25H30N8O3S2/c1-17-15-33(18-4-6-19(7-5-18)38(35,36)31(2)3)30-23(17)25-29-21(16-37-25)24(34)28-20-14-27-9-8-22(20)32-12-10-26-11-13-32/h4-9,14,16-17,26H,10-13,15H2,1-3H3,(H,28,34). The fourth-order valence-electron chi connectivity index (χ4n) is 4.38. The van der Waals surface area contributed by atoms with E-state index in [9.17, 15) is 13.2 Å². The van der Waals surface area contributed by atoms with Gasteiger partial charge in [-0.1, -0.05) is 6.92 Å². The molecule has 1 amide bonds. The Labute approximate surface area is 226 Å². The first-order chi connectivity index (χ1) is 18.2. The molecule has 1 aromatic carbocycles. The van der Waals surface area contributed by atoms with Gasteiger partial charge in [-0.05, 0) is 30.3 Å². The lowest BCUT2D eigenvalue weighted by atomic mass is 10.1. The van der Waals surface area contributed by atoms with E-state index in [1.54, 1.807) is 42.0 Å². The highest BCUT2D eigenvalue weighted by Crippen LogP contribution is 2.29. The third-order valence-corrected chi connectivity index (χ3v) is 9.21. The topological polar surface area (TPSA) is 123 Å². The SMILES string of the molecule is CC1CN(c2ccc(S(=O)(=O)N(C)C)cc2)N=C1c1nc(C(=O)Nc2cnccc2N2CCNCC2)cs1. The quantitative estimate of drug-likeness (QED) is 0.456. The van der Waals surface area contributed by atoms with E-state index in [0.29, 0.717) is 22.9 Å². The normalized spacial score (nSPS) is 18.1. The summed E-state index contributed by atoms with van der Waals surface area (Å²) in [5, 5.41) is 15.3. The van der Waals surface area contributed by atoms with Crippen molar-refractivity contribution in [3.05, 3.63) is 58.8 Å². The number of carbonyl (C=O) groups excluding carboxylic acids is 1. The van der Waals surface area contributed by atoms with Gasteiger partial charge in [0.25, 0.3) is 5.91 Å². The zero-order chi connectivity index (χ0) is 26.9. The van der Waals surface area contributed by atoms with Gasteiger partial charge < -0.3 is 15.5 Å². The lowest BCUT2D eigenvalue weighted by Gasteiger charge is -2.30. The third kappa shape index (κ3) is 5.27. The van der Waals surface area contributed by atoms with Gasteiger partial charge in [0.15, 0.2) is 0 Å². The van der Waals surface area contributed by atoms with E-state index in [2.05, 4.69) is 32.4 Å². The fraction of sp³-hybridized carbons (Fsp3) is 0.360.